The second-order valence-electron chi connectivity index (χ2n) is 21.4. The fourth-order valence-electron chi connectivity index (χ4n) is 9.57. The summed E-state index contributed by atoms with van der Waals surface area (Å²) < 4.78 is 15.8. The number of H-pyrrole nitrogens is 1. The first-order valence-corrected chi connectivity index (χ1v) is 22.9. The summed E-state index contributed by atoms with van der Waals surface area (Å²) in [5, 5.41) is 3.77. The maximum absolute atomic E-state index is 7.06. The van der Waals surface area contributed by atoms with Gasteiger partial charge in [0.25, 0.3) is 0 Å². The molecule has 0 fully saturated rings. The lowest BCUT2D eigenvalue weighted by Crippen LogP contribution is -2.29. The molecule has 1 N–H and O–H groups in total. The number of nitrogens with zero attached hydrogens (tertiary/aromatic N) is 7. The Hall–Kier alpha value is -6.16. The number of hydrogen-bond acceptors (Lipinski definition) is 8. The molecule has 0 aliphatic carbocycles. The van der Waals surface area contributed by atoms with Crippen LogP contribution in [-0.4, -0.2) is 52.7 Å². The van der Waals surface area contributed by atoms with Gasteiger partial charge in [-0.15, -0.1) is 0 Å². The summed E-state index contributed by atoms with van der Waals surface area (Å²) in [6, 6.07) is 22.7. The van der Waals surface area contributed by atoms with Crippen LogP contribution in [0, 0.1) is 0 Å². The Balaban J connectivity index is 1.62. The van der Waals surface area contributed by atoms with Crippen LogP contribution in [0.3, 0.4) is 0 Å². The maximum atomic E-state index is 7.06. The van der Waals surface area contributed by atoms with E-state index in [-0.39, 0.29) is 16.2 Å². The second kappa shape index (κ2) is 15.2. The van der Waals surface area contributed by atoms with E-state index < -0.39 is 5.54 Å². The molecule has 0 atom stereocenters. The summed E-state index contributed by atoms with van der Waals surface area (Å²) in [4.78, 5) is 36.7. The van der Waals surface area contributed by atoms with Crippen LogP contribution in [0.4, 0.5) is 0 Å². The highest BCUT2D eigenvalue weighted by Crippen LogP contribution is 2.52. The quantitative estimate of drug-likeness (QED) is 0.176. The average molecular weight is 855 g/mol. The van der Waals surface area contributed by atoms with Crippen LogP contribution in [0.25, 0.3) is 89.7 Å². The summed E-state index contributed by atoms with van der Waals surface area (Å²) in [6.45, 7) is 32.6. The summed E-state index contributed by atoms with van der Waals surface area (Å²) in [5.74, 6) is 3.74. The van der Waals surface area contributed by atoms with Gasteiger partial charge in [0.05, 0.1) is 24.2 Å². The smallest absolute Gasteiger partial charge is 0.168 e. The molecular formula is C54H62N8O2. The van der Waals surface area contributed by atoms with Crippen LogP contribution in [0.1, 0.15) is 126 Å². The van der Waals surface area contributed by atoms with Crippen molar-refractivity contribution in [3.63, 3.8) is 0 Å². The fourth-order valence-corrected chi connectivity index (χ4v) is 9.57. The summed E-state index contributed by atoms with van der Waals surface area (Å²) in [5.41, 5.74) is 8.53. The van der Waals surface area contributed by atoms with Crippen molar-refractivity contribution in [2.24, 2.45) is 0 Å². The minimum atomic E-state index is -0.438. The average Bonchev–Trinajstić information content (AvgIpc) is 3.95. The first kappa shape index (κ1) is 43.1. The first-order valence-electron chi connectivity index (χ1n) is 22.9. The Morgan fingerprint density at radius 2 is 0.969 bits per heavy atom. The lowest BCUT2D eigenvalue weighted by atomic mass is 9.67. The lowest BCUT2D eigenvalue weighted by Gasteiger charge is -2.38. The Labute approximate surface area is 377 Å². The van der Waals surface area contributed by atoms with Crippen molar-refractivity contribution in [3.8, 4) is 57.1 Å². The third-order valence-electron chi connectivity index (χ3n) is 12.0. The largest absolute Gasteiger partial charge is 0.493 e. The molecule has 10 heteroatoms. The van der Waals surface area contributed by atoms with Gasteiger partial charge in [-0.3, -0.25) is 0 Å². The van der Waals surface area contributed by atoms with Crippen molar-refractivity contribution in [3.05, 3.63) is 83.4 Å². The number of ether oxygens (including phenoxy) is 2. The van der Waals surface area contributed by atoms with Gasteiger partial charge in [0, 0.05) is 44.0 Å². The minimum Gasteiger partial charge on any atom is -0.493 e. The Kier molecular flexibility index (Phi) is 10.3. The van der Waals surface area contributed by atoms with Crippen molar-refractivity contribution in [1.82, 2.24) is 39.5 Å². The molecule has 0 saturated carbocycles. The molecule has 64 heavy (non-hydrogen) atoms. The molecule has 0 radical (unpaired) electrons. The van der Waals surface area contributed by atoms with Gasteiger partial charge in [-0.1, -0.05) is 137 Å². The molecule has 2 aliphatic rings. The zero-order valence-corrected chi connectivity index (χ0v) is 40.1. The molecule has 7 aromatic rings. The summed E-state index contributed by atoms with van der Waals surface area (Å²) in [7, 11) is 0. The lowest BCUT2D eigenvalue weighted by molar-refractivity contribution is 0.310. The molecule has 0 saturated heterocycles. The van der Waals surface area contributed by atoms with E-state index in [2.05, 4.69) is 149 Å². The Morgan fingerprint density at radius 3 is 1.53 bits per heavy atom. The van der Waals surface area contributed by atoms with Crippen molar-refractivity contribution < 1.29 is 9.47 Å². The van der Waals surface area contributed by atoms with Gasteiger partial charge in [-0.25, -0.2) is 29.9 Å². The number of fused-ring (bicyclic) bond motifs is 20. The highest BCUT2D eigenvalue weighted by molar-refractivity contribution is 6.12. The third kappa shape index (κ3) is 7.10. The minimum absolute atomic E-state index is 0.267. The normalized spacial score (nSPS) is 13.1. The van der Waals surface area contributed by atoms with Gasteiger partial charge < -0.3 is 19.0 Å². The van der Waals surface area contributed by atoms with Crippen molar-refractivity contribution in [2.75, 3.05) is 13.2 Å². The van der Waals surface area contributed by atoms with Gasteiger partial charge in [0.1, 0.15) is 34.1 Å². The molecule has 8 bridgehead atoms. The van der Waals surface area contributed by atoms with Crippen LogP contribution < -0.4 is 9.47 Å². The monoisotopic (exact) mass is 854 g/mol. The SMILES string of the molecule is CCCOc1cccc2c1-c1nc-2nc2c3ccccc3c(nc3nc(nc4[nH]c(n1)c1c(OCCC)c(C(C)(C)C)c(C(C)(C)C)c(C(C)(C)C)c41)-c1ccccc1-3)n2C(C)(C)C. The van der Waals surface area contributed by atoms with E-state index in [1.165, 1.54) is 16.7 Å². The highest BCUT2D eigenvalue weighted by atomic mass is 16.5. The van der Waals surface area contributed by atoms with E-state index in [9.17, 15) is 0 Å². The maximum Gasteiger partial charge on any atom is 0.168 e. The second-order valence-corrected chi connectivity index (χ2v) is 21.4. The van der Waals surface area contributed by atoms with Crippen LogP contribution >= 0.6 is 0 Å². The topological polar surface area (TPSA) is 117 Å². The molecule has 9 rings (SSSR count). The van der Waals surface area contributed by atoms with E-state index >= 15 is 0 Å². The van der Waals surface area contributed by atoms with Gasteiger partial charge >= 0.3 is 0 Å². The van der Waals surface area contributed by atoms with Crippen LogP contribution in [0.5, 0.6) is 11.5 Å². The molecule has 0 unspecified atom stereocenters. The molecular weight excluding hydrogens is 793 g/mol. The van der Waals surface area contributed by atoms with Crippen LogP contribution in [-0.2, 0) is 21.8 Å². The Morgan fingerprint density at radius 1 is 0.484 bits per heavy atom. The number of aromatic amines is 1. The van der Waals surface area contributed by atoms with Crippen molar-refractivity contribution in [1.29, 1.82) is 0 Å². The van der Waals surface area contributed by atoms with E-state index in [0.29, 0.717) is 53.6 Å². The van der Waals surface area contributed by atoms with Gasteiger partial charge in [-0.2, -0.15) is 0 Å². The van der Waals surface area contributed by atoms with E-state index in [1.807, 2.05) is 24.3 Å². The number of nitrogens with one attached hydrogen (secondary N) is 1. The van der Waals surface area contributed by atoms with E-state index in [0.717, 1.165) is 73.7 Å². The number of benzene rings is 4. The molecule has 0 spiro atoms. The Bertz CT molecular complexity index is 3180. The number of aromatic nitrogens is 8. The molecule has 3 aromatic heterocycles. The zero-order chi connectivity index (χ0) is 45.7. The van der Waals surface area contributed by atoms with Gasteiger partial charge in [0.15, 0.2) is 23.3 Å². The molecule has 0 amide bonds. The summed E-state index contributed by atoms with van der Waals surface area (Å²) >= 11 is 0. The van der Waals surface area contributed by atoms with Crippen LogP contribution in [0.2, 0.25) is 0 Å². The van der Waals surface area contributed by atoms with Gasteiger partial charge in [0.2, 0.25) is 0 Å². The van der Waals surface area contributed by atoms with Crippen LogP contribution in [0.15, 0.2) is 66.7 Å². The van der Waals surface area contributed by atoms with Crippen molar-refractivity contribution >= 4 is 44.1 Å². The number of hydrogen-bond donors (Lipinski definition) is 1. The molecule has 5 heterocycles. The molecule has 4 aromatic carbocycles. The zero-order valence-electron chi connectivity index (χ0n) is 40.1. The molecule has 330 valence electrons. The standard InChI is InChI=1S/C54H62N8O2/c1-15-28-63-35-27-21-26-34-36(35)46-57-45(34)61-50-33-25-20-19-24-32(33)49(62(50)54(12,13)14)60-44-31-23-18-17-22-30(31)43(55-44)56-47-37-38(48(58-46)59-47)42(64-29-16-2)41(53(9,10)11)40(52(6,7)8)39(37)51(3,4)5/h17-27H,15-16,28-29H2,1-14H3,(H,55,56,57,58,59,60,61). The van der Waals surface area contributed by atoms with Gasteiger partial charge in [-0.05, 0) is 67.1 Å². The molecule has 2 aliphatic heterocycles. The number of rotatable bonds is 6. The predicted molar refractivity (Wildman–Crippen MR) is 262 cm³/mol. The fraction of sp³-hybridized carbons (Fsp3) is 0.407. The molecule has 10 nitrogen and oxygen atoms in total. The first-order chi connectivity index (χ1) is 30.2. The third-order valence-corrected chi connectivity index (χ3v) is 12.0. The summed E-state index contributed by atoms with van der Waals surface area (Å²) in [6.07, 6.45) is 1.69. The van der Waals surface area contributed by atoms with Crippen molar-refractivity contribution in [2.45, 2.75) is 132 Å². The van der Waals surface area contributed by atoms with E-state index in [4.69, 9.17) is 39.4 Å². The highest BCUT2D eigenvalue weighted by Gasteiger charge is 2.39. The predicted octanol–water partition coefficient (Wildman–Crippen LogP) is 13.6. The van der Waals surface area contributed by atoms with E-state index in [1.54, 1.807) is 0 Å².